The van der Waals surface area contributed by atoms with Gasteiger partial charge in [-0.3, -0.25) is 4.79 Å². The number of hydrogen-bond acceptors (Lipinski definition) is 6. The van der Waals surface area contributed by atoms with E-state index in [1.54, 1.807) is 17.5 Å². The summed E-state index contributed by atoms with van der Waals surface area (Å²) in [7, 11) is 0. The highest BCUT2D eigenvalue weighted by Gasteiger charge is 2.26. The van der Waals surface area contributed by atoms with E-state index in [9.17, 15) is 9.59 Å². The molecule has 120 valence electrons. The van der Waals surface area contributed by atoms with Crippen LogP contribution in [0.25, 0.3) is 0 Å². The summed E-state index contributed by atoms with van der Waals surface area (Å²) < 4.78 is 10.5. The summed E-state index contributed by atoms with van der Waals surface area (Å²) >= 11 is 7.26. The van der Waals surface area contributed by atoms with Crippen LogP contribution >= 0.6 is 22.9 Å². The Bertz CT molecular complexity index is 750. The average Bonchev–Trinajstić information content (AvgIpc) is 3.16. The lowest BCUT2D eigenvalue weighted by atomic mass is 10.0. The molecule has 3 rings (SSSR count). The van der Waals surface area contributed by atoms with Crippen molar-refractivity contribution in [3.05, 3.63) is 39.3 Å². The number of ketones is 1. The number of halogens is 1. The second-order valence-electron chi connectivity index (χ2n) is 4.72. The maximum absolute atomic E-state index is 12.4. The van der Waals surface area contributed by atoms with Gasteiger partial charge in [-0.25, -0.2) is 9.78 Å². The minimum atomic E-state index is -1.29. The number of carbonyl (C=O) groups excluding carboxylic acids is 1. The SMILES string of the molecule is O=C(O)NC(Cc1cc(Cl)c2c(c1)OCO2)C(=O)c1nccs1. The Morgan fingerprint density at radius 2 is 2.26 bits per heavy atom. The van der Waals surface area contributed by atoms with Gasteiger partial charge in [0.25, 0.3) is 0 Å². The Morgan fingerprint density at radius 3 is 2.96 bits per heavy atom. The quantitative estimate of drug-likeness (QED) is 0.801. The molecule has 0 bridgehead atoms. The Kier molecular flexibility index (Phi) is 4.35. The van der Waals surface area contributed by atoms with Crippen LogP contribution in [0.1, 0.15) is 15.4 Å². The minimum absolute atomic E-state index is 0.0767. The highest BCUT2D eigenvalue weighted by Crippen LogP contribution is 2.40. The van der Waals surface area contributed by atoms with Crippen LogP contribution in [-0.4, -0.2) is 34.8 Å². The van der Waals surface area contributed by atoms with E-state index >= 15 is 0 Å². The Hall–Kier alpha value is -2.32. The van der Waals surface area contributed by atoms with Crippen molar-refractivity contribution in [3.63, 3.8) is 0 Å². The molecule has 1 aliphatic heterocycles. The second-order valence-corrected chi connectivity index (χ2v) is 6.02. The summed E-state index contributed by atoms with van der Waals surface area (Å²) in [6, 6.07) is 2.34. The van der Waals surface area contributed by atoms with Gasteiger partial charge in [-0.1, -0.05) is 11.6 Å². The van der Waals surface area contributed by atoms with E-state index in [2.05, 4.69) is 10.3 Å². The molecule has 2 aromatic rings. The summed E-state index contributed by atoms with van der Waals surface area (Å²) in [5.41, 5.74) is 0.655. The molecule has 0 radical (unpaired) electrons. The zero-order chi connectivity index (χ0) is 16.4. The van der Waals surface area contributed by atoms with E-state index in [4.69, 9.17) is 26.2 Å². The molecule has 2 heterocycles. The number of fused-ring (bicyclic) bond motifs is 1. The number of amides is 1. The van der Waals surface area contributed by atoms with Crippen LogP contribution in [0.5, 0.6) is 11.5 Å². The van der Waals surface area contributed by atoms with Crippen molar-refractivity contribution >= 4 is 34.8 Å². The maximum atomic E-state index is 12.4. The van der Waals surface area contributed by atoms with Crippen molar-refractivity contribution in [1.82, 2.24) is 10.3 Å². The van der Waals surface area contributed by atoms with E-state index < -0.39 is 17.9 Å². The van der Waals surface area contributed by atoms with Gasteiger partial charge in [0.05, 0.1) is 5.02 Å². The van der Waals surface area contributed by atoms with Crippen LogP contribution < -0.4 is 14.8 Å². The number of nitrogens with zero attached hydrogens (tertiary/aromatic N) is 1. The first-order chi connectivity index (χ1) is 11.0. The van der Waals surface area contributed by atoms with Gasteiger partial charge < -0.3 is 19.9 Å². The van der Waals surface area contributed by atoms with E-state index in [0.29, 0.717) is 22.1 Å². The fourth-order valence-electron chi connectivity index (χ4n) is 2.23. The number of thiazole rings is 1. The van der Waals surface area contributed by atoms with Gasteiger partial charge in [-0.2, -0.15) is 0 Å². The van der Waals surface area contributed by atoms with Crippen molar-refractivity contribution in [2.24, 2.45) is 0 Å². The van der Waals surface area contributed by atoms with E-state index in [1.807, 2.05) is 0 Å². The van der Waals surface area contributed by atoms with Crippen LogP contribution in [-0.2, 0) is 6.42 Å². The molecular formula is C14H11ClN2O5S. The van der Waals surface area contributed by atoms with Gasteiger partial charge in [-0.05, 0) is 17.7 Å². The van der Waals surface area contributed by atoms with Crippen molar-refractivity contribution in [1.29, 1.82) is 0 Å². The smallest absolute Gasteiger partial charge is 0.405 e. The lowest BCUT2D eigenvalue weighted by molar-refractivity contribution is 0.0936. The largest absolute Gasteiger partial charge is 0.465 e. The first-order valence-electron chi connectivity index (χ1n) is 6.56. The van der Waals surface area contributed by atoms with Crippen LogP contribution in [0.4, 0.5) is 4.79 Å². The third-order valence-corrected chi connectivity index (χ3v) is 4.25. The van der Waals surface area contributed by atoms with E-state index in [1.165, 1.54) is 6.20 Å². The normalized spacial score (nSPS) is 13.6. The lowest BCUT2D eigenvalue weighted by Gasteiger charge is -2.15. The minimum Gasteiger partial charge on any atom is -0.465 e. The molecule has 1 atom stereocenters. The highest BCUT2D eigenvalue weighted by atomic mass is 35.5. The fourth-order valence-corrected chi connectivity index (χ4v) is 3.15. The summed E-state index contributed by atoms with van der Waals surface area (Å²) in [6.45, 7) is 0.0767. The topological polar surface area (TPSA) is 97.8 Å². The van der Waals surface area contributed by atoms with Crippen molar-refractivity contribution < 1.29 is 24.2 Å². The molecule has 0 aliphatic carbocycles. The predicted octanol–water partition coefficient (Wildman–Crippen LogP) is 2.59. The molecule has 1 aromatic carbocycles. The average molecular weight is 355 g/mol. The van der Waals surface area contributed by atoms with Crippen LogP contribution in [0.15, 0.2) is 23.7 Å². The molecule has 0 spiro atoms. The lowest BCUT2D eigenvalue weighted by Crippen LogP contribution is -2.41. The molecule has 1 aliphatic rings. The molecule has 1 unspecified atom stereocenters. The Balaban J connectivity index is 1.85. The van der Waals surface area contributed by atoms with E-state index in [0.717, 1.165) is 11.3 Å². The van der Waals surface area contributed by atoms with Crippen LogP contribution in [0, 0.1) is 0 Å². The second kappa shape index (κ2) is 6.43. The number of aromatic nitrogens is 1. The summed E-state index contributed by atoms with van der Waals surface area (Å²) in [4.78, 5) is 27.3. The van der Waals surface area contributed by atoms with Crippen molar-refractivity contribution in [2.75, 3.05) is 6.79 Å². The molecule has 9 heteroatoms. The van der Waals surface area contributed by atoms with Gasteiger partial charge in [0, 0.05) is 18.0 Å². The fraction of sp³-hybridized carbons (Fsp3) is 0.214. The maximum Gasteiger partial charge on any atom is 0.405 e. The first kappa shape index (κ1) is 15.6. The molecule has 1 aromatic heterocycles. The molecular weight excluding hydrogens is 344 g/mol. The van der Waals surface area contributed by atoms with Crippen molar-refractivity contribution in [3.8, 4) is 11.5 Å². The molecule has 0 fully saturated rings. The predicted molar refractivity (Wildman–Crippen MR) is 82.7 cm³/mol. The van der Waals surface area contributed by atoms with Crippen LogP contribution in [0.3, 0.4) is 0 Å². The number of carboxylic acid groups (broad SMARTS) is 1. The molecule has 2 N–H and O–H groups in total. The summed E-state index contributed by atoms with van der Waals surface area (Å²) in [5, 5.41) is 13.4. The third kappa shape index (κ3) is 3.38. The molecule has 7 nitrogen and oxygen atoms in total. The molecule has 0 saturated carbocycles. The van der Waals surface area contributed by atoms with Gasteiger partial charge >= 0.3 is 6.09 Å². The number of carbonyl (C=O) groups is 2. The number of ether oxygens (including phenoxy) is 2. The number of nitrogens with one attached hydrogen (secondary N) is 1. The Labute approximate surface area is 139 Å². The van der Waals surface area contributed by atoms with Gasteiger partial charge in [0.1, 0.15) is 6.04 Å². The molecule has 0 saturated heterocycles. The highest BCUT2D eigenvalue weighted by molar-refractivity contribution is 7.11. The third-order valence-electron chi connectivity index (χ3n) is 3.18. The van der Waals surface area contributed by atoms with E-state index in [-0.39, 0.29) is 18.2 Å². The van der Waals surface area contributed by atoms with Crippen LogP contribution in [0.2, 0.25) is 5.02 Å². The zero-order valence-corrected chi connectivity index (χ0v) is 13.2. The van der Waals surface area contributed by atoms with Gasteiger partial charge in [0.2, 0.25) is 12.6 Å². The monoisotopic (exact) mass is 354 g/mol. The number of benzene rings is 1. The molecule has 23 heavy (non-hydrogen) atoms. The number of hydrogen-bond donors (Lipinski definition) is 2. The standard InChI is InChI=1S/C14H11ClN2O5S/c15-8-3-7(5-10-12(8)22-6-21-10)4-9(17-14(19)20)11(18)13-16-1-2-23-13/h1-3,5,9,17H,4,6H2,(H,19,20). The Morgan fingerprint density at radius 1 is 1.43 bits per heavy atom. The zero-order valence-electron chi connectivity index (χ0n) is 11.6. The van der Waals surface area contributed by atoms with Gasteiger partial charge in [-0.15, -0.1) is 11.3 Å². The first-order valence-corrected chi connectivity index (χ1v) is 7.81. The van der Waals surface area contributed by atoms with Crippen molar-refractivity contribution in [2.45, 2.75) is 12.5 Å². The van der Waals surface area contributed by atoms with Gasteiger partial charge in [0.15, 0.2) is 16.5 Å². The summed E-state index contributed by atoms with van der Waals surface area (Å²) in [6.07, 6.45) is 0.334. The molecule has 1 amide bonds. The number of rotatable bonds is 5. The summed E-state index contributed by atoms with van der Waals surface area (Å²) in [5.74, 6) is 0.531. The number of Topliss-reactive ketones (excluding diaryl/α,β-unsaturated/α-hetero) is 1.